The summed E-state index contributed by atoms with van der Waals surface area (Å²) in [7, 11) is 0. The van der Waals surface area contributed by atoms with Crippen LogP contribution in [-0.2, 0) is 19.5 Å². The summed E-state index contributed by atoms with van der Waals surface area (Å²) in [5.41, 5.74) is 5.19. The van der Waals surface area contributed by atoms with Gasteiger partial charge >= 0.3 is 5.63 Å². The molecule has 0 radical (unpaired) electrons. The molecule has 3 nitrogen and oxygen atoms in total. The maximum Gasteiger partial charge on any atom is 0.336 e. The molecule has 3 heterocycles. The first kappa shape index (κ1) is 14.7. The molecule has 0 atom stereocenters. The highest BCUT2D eigenvalue weighted by molar-refractivity contribution is 7.10. The second kappa shape index (κ2) is 5.62. The highest BCUT2D eigenvalue weighted by Gasteiger charge is 2.19. The zero-order valence-electron chi connectivity index (χ0n) is 13.4. The van der Waals surface area contributed by atoms with Crippen molar-refractivity contribution in [1.82, 2.24) is 4.90 Å². The van der Waals surface area contributed by atoms with Gasteiger partial charge in [0.2, 0.25) is 0 Å². The third-order valence-electron chi connectivity index (χ3n) is 4.80. The summed E-state index contributed by atoms with van der Waals surface area (Å²) in [5.74, 6) is 0. The van der Waals surface area contributed by atoms with Crippen molar-refractivity contribution in [2.45, 2.75) is 33.4 Å². The Morgan fingerprint density at radius 3 is 3.00 bits per heavy atom. The Bertz CT molecular complexity index is 938. The molecule has 4 rings (SSSR count). The SMILES string of the molecule is Cc1ccc2c(CN3CCc4sccc4C3)cc(=O)oc2c1C. The van der Waals surface area contributed by atoms with E-state index in [0.717, 1.165) is 53.7 Å². The Labute approximate surface area is 139 Å². The topological polar surface area (TPSA) is 33.5 Å². The molecule has 0 saturated heterocycles. The van der Waals surface area contributed by atoms with Crippen LogP contribution in [0.1, 0.15) is 27.1 Å². The van der Waals surface area contributed by atoms with Gasteiger partial charge in [0.25, 0.3) is 0 Å². The molecule has 2 aromatic heterocycles. The van der Waals surface area contributed by atoms with Crippen LogP contribution in [0.5, 0.6) is 0 Å². The molecule has 3 aromatic rings. The number of hydrogen-bond acceptors (Lipinski definition) is 4. The third-order valence-corrected chi connectivity index (χ3v) is 5.82. The van der Waals surface area contributed by atoms with Gasteiger partial charge in [-0.15, -0.1) is 11.3 Å². The quantitative estimate of drug-likeness (QED) is 0.667. The first-order valence-corrected chi connectivity index (χ1v) is 8.80. The minimum atomic E-state index is -0.255. The van der Waals surface area contributed by atoms with Crippen LogP contribution in [0.25, 0.3) is 11.0 Å². The van der Waals surface area contributed by atoms with Crippen LogP contribution in [0.3, 0.4) is 0 Å². The summed E-state index contributed by atoms with van der Waals surface area (Å²) in [6.07, 6.45) is 1.10. The molecular weight excluding hydrogens is 306 g/mol. The fraction of sp³-hybridized carbons (Fsp3) is 0.316. The van der Waals surface area contributed by atoms with Gasteiger partial charge in [-0.3, -0.25) is 4.90 Å². The average Bonchev–Trinajstić information content (AvgIpc) is 2.99. The summed E-state index contributed by atoms with van der Waals surface area (Å²) in [6.45, 7) is 6.86. The lowest BCUT2D eigenvalue weighted by Gasteiger charge is -2.27. The Balaban J connectivity index is 1.72. The van der Waals surface area contributed by atoms with Gasteiger partial charge in [0.15, 0.2) is 0 Å². The average molecular weight is 325 g/mol. The molecule has 1 aromatic carbocycles. The lowest BCUT2D eigenvalue weighted by molar-refractivity contribution is 0.248. The molecule has 0 bridgehead atoms. The van der Waals surface area contributed by atoms with Gasteiger partial charge in [0.1, 0.15) is 5.58 Å². The van der Waals surface area contributed by atoms with Crippen molar-refractivity contribution in [3.63, 3.8) is 0 Å². The van der Waals surface area contributed by atoms with Crippen LogP contribution in [0.4, 0.5) is 0 Å². The van der Waals surface area contributed by atoms with Crippen molar-refractivity contribution in [2.75, 3.05) is 6.54 Å². The highest BCUT2D eigenvalue weighted by atomic mass is 32.1. The van der Waals surface area contributed by atoms with Crippen LogP contribution in [0.15, 0.2) is 38.9 Å². The van der Waals surface area contributed by atoms with Gasteiger partial charge in [0, 0.05) is 36.0 Å². The number of benzene rings is 1. The van der Waals surface area contributed by atoms with E-state index in [9.17, 15) is 4.79 Å². The Hall–Kier alpha value is -1.91. The van der Waals surface area contributed by atoms with Gasteiger partial charge < -0.3 is 4.42 Å². The van der Waals surface area contributed by atoms with Gasteiger partial charge in [0.05, 0.1) is 0 Å². The maximum absolute atomic E-state index is 12.0. The van der Waals surface area contributed by atoms with E-state index in [4.69, 9.17) is 4.42 Å². The number of rotatable bonds is 2. The minimum absolute atomic E-state index is 0.255. The molecule has 0 aliphatic carbocycles. The number of thiophene rings is 1. The molecule has 0 spiro atoms. The van der Waals surface area contributed by atoms with Gasteiger partial charge in [-0.2, -0.15) is 0 Å². The molecular formula is C19H19NO2S. The normalized spacial score (nSPS) is 15.0. The van der Waals surface area contributed by atoms with E-state index in [0.29, 0.717) is 0 Å². The van der Waals surface area contributed by atoms with Crippen molar-refractivity contribution < 1.29 is 4.42 Å². The lowest BCUT2D eigenvalue weighted by Crippen LogP contribution is -2.29. The van der Waals surface area contributed by atoms with Crippen molar-refractivity contribution in [3.8, 4) is 0 Å². The molecule has 0 unspecified atom stereocenters. The Morgan fingerprint density at radius 2 is 2.13 bits per heavy atom. The van der Waals surface area contributed by atoms with Crippen molar-refractivity contribution in [2.24, 2.45) is 0 Å². The summed E-state index contributed by atoms with van der Waals surface area (Å²) >= 11 is 1.85. The fourth-order valence-electron chi connectivity index (χ4n) is 3.34. The van der Waals surface area contributed by atoms with E-state index in [2.05, 4.69) is 28.5 Å². The Morgan fingerprint density at radius 1 is 1.26 bits per heavy atom. The number of fused-ring (bicyclic) bond motifs is 2. The molecule has 1 aliphatic rings. The van der Waals surface area contributed by atoms with Crippen molar-refractivity contribution in [3.05, 3.63) is 67.2 Å². The van der Waals surface area contributed by atoms with Gasteiger partial charge in [-0.05, 0) is 54.0 Å². The fourth-order valence-corrected chi connectivity index (χ4v) is 4.23. The van der Waals surface area contributed by atoms with Gasteiger partial charge in [-0.25, -0.2) is 4.79 Å². The Kier molecular flexibility index (Phi) is 3.58. The summed E-state index contributed by atoms with van der Waals surface area (Å²) in [4.78, 5) is 15.9. The van der Waals surface area contributed by atoms with Crippen LogP contribution in [-0.4, -0.2) is 11.4 Å². The zero-order chi connectivity index (χ0) is 16.0. The van der Waals surface area contributed by atoms with Crippen LogP contribution in [0.2, 0.25) is 0 Å². The highest BCUT2D eigenvalue weighted by Crippen LogP contribution is 2.28. The van der Waals surface area contributed by atoms with E-state index in [1.807, 2.05) is 25.2 Å². The zero-order valence-corrected chi connectivity index (χ0v) is 14.2. The number of aryl methyl sites for hydroxylation is 2. The number of hydrogen-bond donors (Lipinski definition) is 0. The first-order chi connectivity index (χ1) is 11.1. The van der Waals surface area contributed by atoms with E-state index in [-0.39, 0.29) is 5.63 Å². The third kappa shape index (κ3) is 2.62. The molecule has 0 saturated carbocycles. The molecule has 1 aliphatic heterocycles. The van der Waals surface area contributed by atoms with E-state index in [1.54, 1.807) is 6.07 Å². The van der Waals surface area contributed by atoms with Crippen molar-refractivity contribution in [1.29, 1.82) is 0 Å². The second-order valence-electron chi connectivity index (χ2n) is 6.30. The van der Waals surface area contributed by atoms with E-state index in [1.165, 1.54) is 10.4 Å². The van der Waals surface area contributed by atoms with E-state index < -0.39 is 0 Å². The monoisotopic (exact) mass is 325 g/mol. The second-order valence-corrected chi connectivity index (χ2v) is 7.31. The van der Waals surface area contributed by atoms with Crippen LogP contribution in [0, 0.1) is 13.8 Å². The molecule has 0 N–H and O–H groups in total. The standard InChI is InChI=1S/C19H19NO2S/c1-12-3-4-16-15(9-18(21)22-19(16)13(12)2)11-20-7-5-17-14(10-20)6-8-23-17/h3-4,6,8-9H,5,7,10-11H2,1-2H3. The number of nitrogens with zero attached hydrogens (tertiary/aromatic N) is 1. The largest absolute Gasteiger partial charge is 0.422 e. The predicted octanol–water partition coefficient (Wildman–Crippen LogP) is 4.03. The van der Waals surface area contributed by atoms with Crippen molar-refractivity contribution >= 4 is 22.3 Å². The molecule has 0 amide bonds. The lowest BCUT2D eigenvalue weighted by atomic mass is 10.0. The molecule has 118 valence electrons. The molecule has 23 heavy (non-hydrogen) atoms. The van der Waals surface area contributed by atoms with Gasteiger partial charge in [-0.1, -0.05) is 12.1 Å². The summed E-state index contributed by atoms with van der Waals surface area (Å²) < 4.78 is 5.47. The van der Waals surface area contributed by atoms with Crippen LogP contribution < -0.4 is 5.63 Å². The predicted molar refractivity (Wildman–Crippen MR) is 94.1 cm³/mol. The molecule has 0 fully saturated rings. The minimum Gasteiger partial charge on any atom is -0.422 e. The summed E-state index contributed by atoms with van der Waals surface area (Å²) in [5, 5.41) is 3.23. The maximum atomic E-state index is 12.0. The van der Waals surface area contributed by atoms with Crippen LogP contribution >= 0.6 is 11.3 Å². The first-order valence-electron chi connectivity index (χ1n) is 7.92. The smallest absolute Gasteiger partial charge is 0.336 e. The molecule has 4 heteroatoms. The summed E-state index contributed by atoms with van der Waals surface area (Å²) in [6, 6.07) is 8.06. The van der Waals surface area contributed by atoms with E-state index >= 15 is 0 Å².